The van der Waals surface area contributed by atoms with Gasteiger partial charge in [0.05, 0.1) is 16.3 Å². The van der Waals surface area contributed by atoms with Crippen LogP contribution < -0.4 is 5.73 Å². The third-order valence-corrected chi connectivity index (χ3v) is 1.97. The Morgan fingerprint density at radius 1 is 1.50 bits per heavy atom. The van der Waals surface area contributed by atoms with E-state index in [-0.39, 0.29) is 12.1 Å². The summed E-state index contributed by atoms with van der Waals surface area (Å²) in [4.78, 5) is 3.44. The molecule has 1 rings (SSSR count). The lowest BCUT2D eigenvalue weighted by atomic mass is 10.2. The Morgan fingerprint density at radius 2 is 2.07 bits per heavy atom. The normalized spacial score (nSPS) is 14.1. The van der Waals surface area contributed by atoms with Crippen LogP contribution in [-0.2, 0) is 6.18 Å². The highest BCUT2D eigenvalue weighted by Gasteiger charge is 2.31. The summed E-state index contributed by atoms with van der Waals surface area (Å²) in [6.45, 7) is 0. The molecule has 0 saturated heterocycles. The molecule has 1 unspecified atom stereocenters. The van der Waals surface area contributed by atoms with Gasteiger partial charge in [0.15, 0.2) is 0 Å². The van der Waals surface area contributed by atoms with Gasteiger partial charge in [-0.3, -0.25) is 4.98 Å². The van der Waals surface area contributed by atoms with E-state index < -0.39 is 17.2 Å². The maximum absolute atomic E-state index is 12.1. The molecule has 0 amide bonds. The molecule has 0 aliphatic heterocycles. The summed E-state index contributed by atoms with van der Waals surface area (Å²) in [5.41, 5.74) is 3.30. The van der Waals surface area contributed by atoms with Gasteiger partial charge in [-0.25, -0.2) is 0 Å². The fraction of sp³-hybridized carbons (Fsp3) is 0.286. The van der Waals surface area contributed by atoms with Crippen molar-refractivity contribution in [3.63, 3.8) is 0 Å². The predicted octanol–water partition coefficient (Wildman–Crippen LogP) is 3.06. The molecule has 7 heteroatoms. The number of alkyl halides is 4. The quantitative estimate of drug-likeness (QED) is 0.610. The van der Waals surface area contributed by atoms with Gasteiger partial charge in [-0.1, -0.05) is 23.2 Å². The van der Waals surface area contributed by atoms with Gasteiger partial charge in [0.1, 0.15) is 5.50 Å². The summed E-state index contributed by atoms with van der Waals surface area (Å²) < 4.78 is 36.4. The summed E-state index contributed by atoms with van der Waals surface area (Å²) in [5, 5.41) is -0.192. The maximum Gasteiger partial charge on any atom is 1.00 e. The molecule has 0 aromatic carbocycles. The number of aromatic nitrogens is 1. The van der Waals surface area contributed by atoms with Crippen LogP contribution >= 0.6 is 23.2 Å². The summed E-state index contributed by atoms with van der Waals surface area (Å²) >= 11 is 10.9. The summed E-state index contributed by atoms with van der Waals surface area (Å²) in [7, 11) is 0. The molecule has 1 aromatic heterocycles. The van der Waals surface area contributed by atoms with Crippen LogP contribution in [0, 0.1) is 0 Å². The molecule has 14 heavy (non-hydrogen) atoms. The summed E-state index contributed by atoms with van der Waals surface area (Å²) in [6.07, 6.45) is -3.82. The highest BCUT2D eigenvalue weighted by Crippen LogP contribution is 2.32. The monoisotopic (exact) mass is 245 g/mol. The molecule has 0 spiro atoms. The summed E-state index contributed by atoms with van der Waals surface area (Å²) in [6, 6.07) is 0.742. The molecular weight excluding hydrogens is 240 g/mol. The first-order valence-corrected chi connectivity index (χ1v) is 4.26. The van der Waals surface area contributed by atoms with Crippen molar-refractivity contribution in [2.45, 2.75) is 11.7 Å². The van der Waals surface area contributed by atoms with E-state index in [1.54, 1.807) is 0 Å². The summed E-state index contributed by atoms with van der Waals surface area (Å²) in [5.74, 6) is 0. The van der Waals surface area contributed by atoms with Crippen LogP contribution in [0.4, 0.5) is 13.2 Å². The Hall–Kier alpha value is -0.520. The van der Waals surface area contributed by atoms with Crippen molar-refractivity contribution in [1.82, 2.24) is 4.98 Å². The average molecular weight is 246 g/mol. The zero-order chi connectivity index (χ0) is 10.9. The van der Waals surface area contributed by atoms with Crippen LogP contribution in [0.25, 0.3) is 0 Å². The number of hydrogen-bond acceptors (Lipinski definition) is 2. The molecule has 0 radical (unpaired) electrons. The van der Waals surface area contributed by atoms with Gasteiger partial charge in [-0.15, -0.1) is 0 Å². The van der Waals surface area contributed by atoms with Crippen LogP contribution in [0.15, 0.2) is 12.3 Å². The van der Waals surface area contributed by atoms with Crippen molar-refractivity contribution in [2.24, 2.45) is 5.73 Å². The first kappa shape index (κ1) is 11.6. The first-order valence-electron chi connectivity index (χ1n) is 3.44. The van der Waals surface area contributed by atoms with Crippen molar-refractivity contribution in [1.29, 1.82) is 0 Å². The topological polar surface area (TPSA) is 38.9 Å². The maximum atomic E-state index is 12.1. The van der Waals surface area contributed by atoms with Gasteiger partial charge in [0.2, 0.25) is 0 Å². The van der Waals surface area contributed by atoms with E-state index in [2.05, 4.69) is 4.98 Å². The Kier molecular flexibility index (Phi) is 3.24. The van der Waals surface area contributed by atoms with Gasteiger partial charge in [-0.2, -0.15) is 13.2 Å². The second-order valence-corrected chi connectivity index (χ2v) is 3.37. The number of nitrogens with two attached hydrogens (primary N) is 1. The molecule has 0 aliphatic carbocycles. The third kappa shape index (κ3) is 2.50. The van der Waals surface area contributed by atoms with E-state index in [0.29, 0.717) is 6.20 Å². The van der Waals surface area contributed by atoms with Crippen LogP contribution in [0.3, 0.4) is 0 Å². The van der Waals surface area contributed by atoms with Crippen LogP contribution in [0.5, 0.6) is 0 Å². The Labute approximate surface area is 89.3 Å². The van der Waals surface area contributed by atoms with E-state index in [4.69, 9.17) is 28.9 Å². The second kappa shape index (κ2) is 3.92. The van der Waals surface area contributed by atoms with E-state index in [1.165, 1.54) is 0 Å². The molecule has 0 bridgehead atoms. The molecule has 0 fully saturated rings. The first-order chi connectivity index (χ1) is 6.32. The lowest BCUT2D eigenvalue weighted by Crippen LogP contribution is -2.10. The lowest BCUT2D eigenvalue weighted by molar-refractivity contribution is -0.137. The van der Waals surface area contributed by atoms with E-state index in [1.807, 2.05) is 0 Å². The van der Waals surface area contributed by atoms with Gasteiger partial charge in [0, 0.05) is 6.20 Å². The molecule has 1 heterocycles. The predicted molar refractivity (Wildman–Crippen MR) is 48.1 cm³/mol. The second-order valence-electron chi connectivity index (χ2n) is 2.49. The minimum atomic E-state index is -4.47. The average Bonchev–Trinajstić information content (AvgIpc) is 2.01. The number of pyridine rings is 1. The molecule has 1 atom stereocenters. The van der Waals surface area contributed by atoms with Gasteiger partial charge in [-0.05, 0) is 6.07 Å². The molecular formula is C7H6Cl2F3N2+. The van der Waals surface area contributed by atoms with E-state index in [9.17, 15) is 13.2 Å². The molecule has 0 aliphatic rings. The Morgan fingerprint density at radius 3 is 2.43 bits per heavy atom. The molecule has 2 nitrogen and oxygen atoms in total. The highest BCUT2D eigenvalue weighted by molar-refractivity contribution is 6.32. The van der Waals surface area contributed by atoms with Gasteiger partial charge >= 0.3 is 7.60 Å². The van der Waals surface area contributed by atoms with Crippen molar-refractivity contribution in [3.05, 3.63) is 28.5 Å². The molecule has 0 saturated carbocycles. The van der Waals surface area contributed by atoms with Crippen molar-refractivity contribution < 1.29 is 14.6 Å². The lowest BCUT2D eigenvalue weighted by Gasteiger charge is -2.09. The fourth-order valence-electron chi connectivity index (χ4n) is 0.806. The van der Waals surface area contributed by atoms with Crippen molar-refractivity contribution in [3.8, 4) is 0 Å². The molecule has 2 N–H and O–H groups in total. The molecule has 78 valence electrons. The number of halogens is 5. The SMILES string of the molecule is NC(Cl)c1ncc(C(F)(F)F)cc1Cl.[H+]. The zero-order valence-electron chi connectivity index (χ0n) is 7.65. The Balaban J connectivity index is 0.00000196. The smallest absolute Gasteiger partial charge is 0.310 e. The van der Waals surface area contributed by atoms with Crippen LogP contribution in [0.1, 0.15) is 18.2 Å². The van der Waals surface area contributed by atoms with Gasteiger partial charge in [0.25, 0.3) is 0 Å². The fourth-order valence-corrected chi connectivity index (χ4v) is 1.32. The minimum absolute atomic E-state index is 0. The standard InChI is InChI=1S/C7H5Cl2F3N2/c8-4-1-3(7(10,11)12)2-14-5(4)6(9)13/h1-2,6H,13H2/p+1. The van der Waals surface area contributed by atoms with Gasteiger partial charge < -0.3 is 5.73 Å². The minimum Gasteiger partial charge on any atom is -0.310 e. The Bertz CT molecular complexity index is 343. The van der Waals surface area contributed by atoms with Crippen molar-refractivity contribution >= 4 is 23.2 Å². The largest absolute Gasteiger partial charge is 1.00 e. The number of nitrogens with zero attached hydrogens (tertiary/aromatic N) is 1. The number of rotatable bonds is 1. The van der Waals surface area contributed by atoms with Crippen LogP contribution in [-0.4, -0.2) is 4.98 Å². The van der Waals surface area contributed by atoms with E-state index in [0.717, 1.165) is 6.07 Å². The zero-order valence-corrected chi connectivity index (χ0v) is 8.16. The third-order valence-electron chi connectivity index (χ3n) is 1.46. The van der Waals surface area contributed by atoms with Crippen molar-refractivity contribution in [2.75, 3.05) is 0 Å². The molecule has 1 aromatic rings. The van der Waals surface area contributed by atoms with Crippen LogP contribution in [0.2, 0.25) is 5.02 Å². The van der Waals surface area contributed by atoms with E-state index >= 15 is 0 Å². The highest BCUT2D eigenvalue weighted by atomic mass is 35.5. The number of hydrogen-bond donors (Lipinski definition) is 1.